The number of hydrogen-bond acceptors (Lipinski definition) is 5. The highest BCUT2D eigenvalue weighted by Crippen LogP contribution is 2.18. The second kappa shape index (κ2) is 7.17. The summed E-state index contributed by atoms with van der Waals surface area (Å²) in [6, 6.07) is 7.60. The minimum Gasteiger partial charge on any atom is -0.356 e. The van der Waals surface area contributed by atoms with Crippen LogP contribution in [0.2, 0.25) is 0 Å². The molecular weight excluding hydrogens is 290 g/mol. The quantitative estimate of drug-likeness (QED) is 0.933. The van der Waals surface area contributed by atoms with Crippen LogP contribution in [0.4, 0.5) is 5.82 Å². The van der Waals surface area contributed by atoms with Crippen LogP contribution in [0, 0.1) is 0 Å². The van der Waals surface area contributed by atoms with Crippen molar-refractivity contribution in [2.24, 2.45) is 0 Å². The molecule has 0 saturated carbocycles. The third-order valence-corrected chi connectivity index (χ3v) is 4.12. The number of pyridine rings is 1. The summed E-state index contributed by atoms with van der Waals surface area (Å²) in [5.41, 5.74) is 1.53. The van der Waals surface area contributed by atoms with Crippen LogP contribution in [0.5, 0.6) is 0 Å². The zero-order valence-corrected chi connectivity index (χ0v) is 13.3. The Hall–Kier alpha value is -2.50. The van der Waals surface area contributed by atoms with Crippen LogP contribution in [0.3, 0.4) is 0 Å². The van der Waals surface area contributed by atoms with E-state index >= 15 is 0 Å². The fraction of sp³-hybridized carbons (Fsp3) is 0.412. The van der Waals surface area contributed by atoms with Gasteiger partial charge >= 0.3 is 0 Å². The minimum atomic E-state index is -0.0978. The van der Waals surface area contributed by atoms with Gasteiger partial charge < -0.3 is 10.2 Å². The Morgan fingerprint density at radius 2 is 2.09 bits per heavy atom. The molecule has 0 bridgehead atoms. The van der Waals surface area contributed by atoms with Gasteiger partial charge in [0.25, 0.3) is 5.91 Å². The van der Waals surface area contributed by atoms with E-state index in [0.717, 1.165) is 43.9 Å². The van der Waals surface area contributed by atoms with E-state index in [4.69, 9.17) is 0 Å². The van der Waals surface area contributed by atoms with Crippen LogP contribution in [0.15, 0.2) is 36.8 Å². The molecule has 23 heavy (non-hydrogen) atoms. The Kier molecular flexibility index (Phi) is 4.80. The van der Waals surface area contributed by atoms with E-state index in [1.165, 1.54) is 0 Å². The molecule has 1 amide bonds. The number of hydrogen-bond donors (Lipinski definition) is 1. The summed E-state index contributed by atoms with van der Waals surface area (Å²) < 4.78 is 0. The molecule has 2 aromatic heterocycles. The number of carbonyl (C=O) groups excluding carboxylic acids is 1. The first kappa shape index (κ1) is 15.4. The number of rotatable bonds is 4. The third-order valence-electron chi connectivity index (χ3n) is 4.12. The summed E-state index contributed by atoms with van der Waals surface area (Å²) in [6.07, 6.45) is 5.99. The molecule has 0 unspecified atom stereocenters. The summed E-state index contributed by atoms with van der Waals surface area (Å²) >= 11 is 0. The summed E-state index contributed by atoms with van der Waals surface area (Å²) in [4.78, 5) is 27.1. The number of amides is 1. The fourth-order valence-corrected chi connectivity index (χ4v) is 2.76. The van der Waals surface area contributed by atoms with Crippen LogP contribution < -0.4 is 10.2 Å². The largest absolute Gasteiger partial charge is 0.356 e. The molecule has 0 aromatic carbocycles. The highest BCUT2D eigenvalue weighted by molar-refractivity contribution is 5.92. The third kappa shape index (κ3) is 3.83. The molecule has 0 atom stereocenters. The van der Waals surface area contributed by atoms with Crippen LogP contribution in [0.25, 0.3) is 0 Å². The lowest BCUT2D eigenvalue weighted by Gasteiger charge is -2.33. The Balaban J connectivity index is 1.55. The Labute approximate surface area is 136 Å². The molecule has 3 heterocycles. The van der Waals surface area contributed by atoms with Crippen molar-refractivity contribution in [2.75, 3.05) is 18.0 Å². The molecular formula is C17H21N5O. The van der Waals surface area contributed by atoms with E-state index in [1.807, 2.05) is 18.2 Å². The Morgan fingerprint density at radius 1 is 1.26 bits per heavy atom. The van der Waals surface area contributed by atoms with Crippen molar-refractivity contribution in [1.29, 1.82) is 0 Å². The molecule has 6 heteroatoms. The molecule has 6 nitrogen and oxygen atoms in total. The molecule has 3 rings (SSSR count). The van der Waals surface area contributed by atoms with E-state index in [0.29, 0.717) is 5.69 Å². The first-order valence-electron chi connectivity index (χ1n) is 8.04. The zero-order valence-electron chi connectivity index (χ0n) is 13.3. The molecule has 1 saturated heterocycles. The number of piperidine rings is 1. The maximum Gasteiger partial charge on any atom is 0.270 e. The second-order valence-corrected chi connectivity index (χ2v) is 5.67. The standard InChI is InChI=1S/C17H21N5O/c1-2-13-11-16(20-12-19-13)22-9-6-14(7-10-22)21-17(23)15-5-3-4-8-18-15/h3-5,8,11-12,14H,2,6-7,9-10H2,1H3,(H,21,23). The van der Waals surface area contributed by atoms with Gasteiger partial charge in [-0.05, 0) is 31.4 Å². The van der Waals surface area contributed by atoms with E-state index in [9.17, 15) is 4.79 Å². The number of anilines is 1. The van der Waals surface area contributed by atoms with Gasteiger partial charge in [-0.2, -0.15) is 0 Å². The first-order valence-corrected chi connectivity index (χ1v) is 8.04. The van der Waals surface area contributed by atoms with Crippen LogP contribution in [-0.4, -0.2) is 40.0 Å². The lowest BCUT2D eigenvalue weighted by atomic mass is 10.0. The maximum absolute atomic E-state index is 12.1. The van der Waals surface area contributed by atoms with Gasteiger partial charge in [-0.1, -0.05) is 13.0 Å². The topological polar surface area (TPSA) is 71.0 Å². The highest BCUT2D eigenvalue weighted by Gasteiger charge is 2.22. The molecule has 2 aromatic rings. The van der Waals surface area contributed by atoms with Gasteiger partial charge in [-0.3, -0.25) is 9.78 Å². The lowest BCUT2D eigenvalue weighted by molar-refractivity contribution is 0.0926. The Morgan fingerprint density at radius 3 is 2.78 bits per heavy atom. The van der Waals surface area contributed by atoms with Crippen molar-refractivity contribution in [3.05, 3.63) is 48.2 Å². The maximum atomic E-state index is 12.1. The molecule has 1 N–H and O–H groups in total. The van der Waals surface area contributed by atoms with E-state index in [-0.39, 0.29) is 11.9 Å². The van der Waals surface area contributed by atoms with Crippen molar-refractivity contribution in [1.82, 2.24) is 20.3 Å². The van der Waals surface area contributed by atoms with Gasteiger partial charge in [-0.25, -0.2) is 9.97 Å². The van der Waals surface area contributed by atoms with Crippen molar-refractivity contribution in [3.63, 3.8) is 0 Å². The number of aromatic nitrogens is 3. The molecule has 1 aliphatic rings. The summed E-state index contributed by atoms with van der Waals surface area (Å²) in [5, 5.41) is 3.07. The van der Waals surface area contributed by atoms with Crippen molar-refractivity contribution >= 4 is 11.7 Å². The average molecular weight is 311 g/mol. The van der Waals surface area contributed by atoms with E-state index in [1.54, 1.807) is 18.6 Å². The van der Waals surface area contributed by atoms with Gasteiger partial charge in [0, 0.05) is 37.1 Å². The molecule has 1 aliphatic heterocycles. The number of nitrogens with one attached hydrogen (secondary N) is 1. The lowest BCUT2D eigenvalue weighted by Crippen LogP contribution is -2.45. The minimum absolute atomic E-state index is 0.0978. The SMILES string of the molecule is CCc1cc(N2CCC(NC(=O)c3ccccn3)CC2)ncn1. The van der Waals surface area contributed by atoms with E-state index in [2.05, 4.69) is 32.1 Å². The predicted molar refractivity (Wildman–Crippen MR) is 88.3 cm³/mol. The average Bonchev–Trinajstić information content (AvgIpc) is 2.63. The van der Waals surface area contributed by atoms with Crippen LogP contribution in [-0.2, 0) is 6.42 Å². The van der Waals surface area contributed by atoms with Gasteiger partial charge in [0.1, 0.15) is 17.8 Å². The normalized spacial score (nSPS) is 15.4. The van der Waals surface area contributed by atoms with Crippen molar-refractivity contribution in [3.8, 4) is 0 Å². The van der Waals surface area contributed by atoms with Gasteiger partial charge in [-0.15, -0.1) is 0 Å². The zero-order chi connectivity index (χ0) is 16.1. The van der Waals surface area contributed by atoms with E-state index < -0.39 is 0 Å². The number of aryl methyl sites for hydroxylation is 1. The predicted octanol–water partition coefficient (Wildman–Crippen LogP) is 1.83. The first-order chi connectivity index (χ1) is 11.3. The second-order valence-electron chi connectivity index (χ2n) is 5.67. The monoisotopic (exact) mass is 311 g/mol. The fourth-order valence-electron chi connectivity index (χ4n) is 2.76. The Bertz CT molecular complexity index is 653. The highest BCUT2D eigenvalue weighted by atomic mass is 16.1. The van der Waals surface area contributed by atoms with Gasteiger partial charge in [0.15, 0.2) is 0 Å². The van der Waals surface area contributed by atoms with Gasteiger partial charge in [0.2, 0.25) is 0 Å². The molecule has 0 aliphatic carbocycles. The van der Waals surface area contributed by atoms with Crippen molar-refractivity contribution < 1.29 is 4.79 Å². The summed E-state index contributed by atoms with van der Waals surface area (Å²) in [7, 11) is 0. The molecule has 120 valence electrons. The molecule has 0 spiro atoms. The van der Waals surface area contributed by atoms with Crippen LogP contribution in [0.1, 0.15) is 35.9 Å². The smallest absolute Gasteiger partial charge is 0.270 e. The summed E-state index contributed by atoms with van der Waals surface area (Å²) in [5.74, 6) is 0.880. The number of carbonyl (C=O) groups is 1. The summed E-state index contributed by atoms with van der Waals surface area (Å²) in [6.45, 7) is 3.85. The van der Waals surface area contributed by atoms with Crippen LogP contribution >= 0.6 is 0 Å². The van der Waals surface area contributed by atoms with Gasteiger partial charge in [0.05, 0.1) is 0 Å². The number of nitrogens with zero attached hydrogens (tertiary/aromatic N) is 4. The van der Waals surface area contributed by atoms with Crippen molar-refractivity contribution in [2.45, 2.75) is 32.2 Å². The molecule has 0 radical (unpaired) electrons. The molecule has 1 fully saturated rings.